The molecule has 1 N–H and O–H groups in total. The molecular weight excluding hydrogens is 198 g/mol. The number of aliphatic hydroxyl groups is 1. The van der Waals surface area contributed by atoms with Gasteiger partial charge in [0.1, 0.15) is 0 Å². The van der Waals surface area contributed by atoms with Crippen LogP contribution < -0.4 is 0 Å². The third kappa shape index (κ3) is 2.78. The summed E-state index contributed by atoms with van der Waals surface area (Å²) in [4.78, 5) is 2.14. The molecule has 0 aliphatic heterocycles. The van der Waals surface area contributed by atoms with Crippen molar-refractivity contribution in [3.8, 4) is 0 Å². The first-order valence-corrected chi connectivity index (χ1v) is 6.62. The molecule has 1 aliphatic carbocycles. The highest BCUT2D eigenvalue weighted by Crippen LogP contribution is 2.38. The van der Waals surface area contributed by atoms with Crippen LogP contribution in [0.25, 0.3) is 0 Å². The zero-order valence-corrected chi connectivity index (χ0v) is 11.8. The minimum absolute atomic E-state index is 0.120. The van der Waals surface area contributed by atoms with Crippen LogP contribution in [0.4, 0.5) is 0 Å². The summed E-state index contributed by atoms with van der Waals surface area (Å²) in [5.41, 5.74) is -0.120. The van der Waals surface area contributed by atoms with Crippen molar-refractivity contribution in [1.29, 1.82) is 0 Å². The van der Waals surface area contributed by atoms with Gasteiger partial charge in [-0.2, -0.15) is 0 Å². The van der Waals surface area contributed by atoms with Crippen molar-refractivity contribution >= 4 is 0 Å². The molecule has 0 amide bonds. The summed E-state index contributed by atoms with van der Waals surface area (Å²) in [5, 5.41) is 10.5. The zero-order valence-electron chi connectivity index (χ0n) is 11.8. The number of likely N-dealkylation sites (N-methyl/N-ethyl adjacent to an activating group) is 1. The highest BCUT2D eigenvalue weighted by Gasteiger charge is 2.38. The Bertz CT molecular complexity index is 225. The number of hydrogen-bond acceptors (Lipinski definition) is 2. The first-order chi connectivity index (χ1) is 7.26. The fraction of sp³-hybridized carbons (Fsp3) is 1.00. The minimum atomic E-state index is -0.211. The van der Waals surface area contributed by atoms with E-state index in [0.29, 0.717) is 5.92 Å². The lowest BCUT2D eigenvalue weighted by Crippen LogP contribution is -2.52. The summed E-state index contributed by atoms with van der Waals surface area (Å²) < 4.78 is 0. The van der Waals surface area contributed by atoms with E-state index >= 15 is 0 Å². The van der Waals surface area contributed by atoms with E-state index in [4.69, 9.17) is 0 Å². The smallest absolute Gasteiger partial charge is 0.0746 e. The fourth-order valence-electron chi connectivity index (χ4n) is 2.72. The van der Waals surface area contributed by atoms with E-state index in [9.17, 15) is 5.11 Å². The lowest BCUT2D eigenvalue weighted by molar-refractivity contribution is -0.0416. The Hall–Kier alpha value is -0.0800. The van der Waals surface area contributed by atoms with Gasteiger partial charge in [0.2, 0.25) is 0 Å². The standard InChI is InChI=1S/C14H29NO/c1-10-7-8-12(9-11(10)2)13(16)14(3,4)15(5)6/h10-13,16H,7-9H2,1-6H3. The molecule has 0 spiro atoms. The number of nitrogens with zero attached hydrogens (tertiary/aromatic N) is 1. The number of aliphatic hydroxyl groups excluding tert-OH is 1. The Kier molecular flexibility index (Phi) is 4.42. The third-order valence-corrected chi connectivity index (χ3v) is 4.96. The van der Waals surface area contributed by atoms with Crippen LogP contribution in [0.2, 0.25) is 0 Å². The summed E-state index contributed by atoms with van der Waals surface area (Å²) in [6, 6.07) is 0. The SMILES string of the molecule is CC1CCC(C(O)C(C)(C)N(C)C)CC1C. The van der Waals surface area contributed by atoms with E-state index in [-0.39, 0.29) is 11.6 Å². The van der Waals surface area contributed by atoms with Gasteiger partial charge in [-0.15, -0.1) is 0 Å². The van der Waals surface area contributed by atoms with Crippen LogP contribution in [-0.4, -0.2) is 35.7 Å². The molecule has 0 heterocycles. The van der Waals surface area contributed by atoms with Crippen LogP contribution in [0, 0.1) is 17.8 Å². The molecule has 2 nitrogen and oxygen atoms in total. The predicted octanol–water partition coefficient (Wildman–Crippen LogP) is 2.76. The Morgan fingerprint density at radius 3 is 2.12 bits per heavy atom. The van der Waals surface area contributed by atoms with Gasteiger partial charge in [0.15, 0.2) is 0 Å². The fourth-order valence-corrected chi connectivity index (χ4v) is 2.72. The molecule has 1 aliphatic rings. The predicted molar refractivity (Wildman–Crippen MR) is 69.4 cm³/mol. The van der Waals surface area contributed by atoms with Crippen molar-refractivity contribution in [3.05, 3.63) is 0 Å². The Morgan fingerprint density at radius 2 is 1.69 bits per heavy atom. The Labute approximate surface area is 101 Å². The first kappa shape index (κ1) is 14.0. The maximum absolute atomic E-state index is 10.5. The van der Waals surface area contributed by atoms with Crippen molar-refractivity contribution in [2.24, 2.45) is 17.8 Å². The molecular formula is C14H29NO. The summed E-state index contributed by atoms with van der Waals surface area (Å²) in [6.07, 6.45) is 3.42. The van der Waals surface area contributed by atoms with Crippen LogP contribution in [0.5, 0.6) is 0 Å². The molecule has 16 heavy (non-hydrogen) atoms. The van der Waals surface area contributed by atoms with Gasteiger partial charge in [-0.25, -0.2) is 0 Å². The van der Waals surface area contributed by atoms with E-state index < -0.39 is 0 Å². The second kappa shape index (κ2) is 5.05. The topological polar surface area (TPSA) is 23.5 Å². The molecule has 0 saturated heterocycles. The van der Waals surface area contributed by atoms with Gasteiger partial charge in [-0.3, -0.25) is 0 Å². The second-order valence-electron chi connectivity index (χ2n) is 6.52. The molecule has 1 saturated carbocycles. The second-order valence-corrected chi connectivity index (χ2v) is 6.52. The third-order valence-electron chi connectivity index (χ3n) is 4.96. The average molecular weight is 227 g/mol. The lowest BCUT2D eigenvalue weighted by atomic mass is 9.70. The van der Waals surface area contributed by atoms with Crippen LogP contribution in [-0.2, 0) is 0 Å². The van der Waals surface area contributed by atoms with Gasteiger partial charge in [0.05, 0.1) is 6.10 Å². The largest absolute Gasteiger partial charge is 0.391 e. The highest BCUT2D eigenvalue weighted by molar-refractivity contribution is 4.92. The van der Waals surface area contributed by atoms with Crippen molar-refractivity contribution < 1.29 is 5.11 Å². The van der Waals surface area contributed by atoms with Gasteiger partial charge >= 0.3 is 0 Å². The molecule has 0 aromatic carbocycles. The molecule has 96 valence electrons. The summed E-state index contributed by atoms with van der Waals surface area (Å²) in [7, 11) is 4.11. The van der Waals surface area contributed by atoms with Gasteiger partial charge in [-0.05, 0) is 58.5 Å². The van der Waals surface area contributed by atoms with Gasteiger partial charge in [0, 0.05) is 5.54 Å². The monoisotopic (exact) mass is 227 g/mol. The van der Waals surface area contributed by atoms with Crippen molar-refractivity contribution in [3.63, 3.8) is 0 Å². The first-order valence-electron chi connectivity index (χ1n) is 6.62. The van der Waals surface area contributed by atoms with Gasteiger partial charge in [0.25, 0.3) is 0 Å². The Balaban J connectivity index is 2.65. The van der Waals surface area contributed by atoms with E-state index in [1.54, 1.807) is 0 Å². The molecule has 0 bridgehead atoms. The molecule has 1 fully saturated rings. The molecule has 0 radical (unpaired) electrons. The van der Waals surface area contributed by atoms with E-state index in [1.165, 1.54) is 19.3 Å². The van der Waals surface area contributed by atoms with Crippen molar-refractivity contribution in [1.82, 2.24) is 4.90 Å². The van der Waals surface area contributed by atoms with E-state index in [2.05, 4.69) is 46.7 Å². The van der Waals surface area contributed by atoms with Crippen molar-refractivity contribution in [2.45, 2.75) is 58.6 Å². The average Bonchev–Trinajstić information content (AvgIpc) is 2.20. The molecule has 4 unspecified atom stereocenters. The van der Waals surface area contributed by atoms with Crippen molar-refractivity contribution in [2.75, 3.05) is 14.1 Å². The lowest BCUT2D eigenvalue weighted by Gasteiger charge is -2.44. The maximum atomic E-state index is 10.5. The quantitative estimate of drug-likeness (QED) is 0.801. The maximum Gasteiger partial charge on any atom is 0.0746 e. The van der Waals surface area contributed by atoms with Crippen LogP contribution in [0.1, 0.15) is 47.0 Å². The zero-order chi connectivity index (χ0) is 12.5. The summed E-state index contributed by atoms with van der Waals surface area (Å²) in [6.45, 7) is 8.94. The van der Waals surface area contributed by atoms with Gasteiger partial charge < -0.3 is 10.0 Å². The molecule has 2 heteroatoms. The summed E-state index contributed by atoms with van der Waals surface area (Å²) >= 11 is 0. The van der Waals surface area contributed by atoms with Crippen LogP contribution in [0.15, 0.2) is 0 Å². The van der Waals surface area contributed by atoms with Crippen LogP contribution >= 0.6 is 0 Å². The van der Waals surface area contributed by atoms with Crippen LogP contribution in [0.3, 0.4) is 0 Å². The number of rotatable bonds is 3. The van der Waals surface area contributed by atoms with E-state index in [1.807, 2.05) is 0 Å². The molecule has 0 aromatic heterocycles. The highest BCUT2D eigenvalue weighted by atomic mass is 16.3. The number of hydrogen-bond donors (Lipinski definition) is 1. The summed E-state index contributed by atoms with van der Waals surface area (Å²) in [5.74, 6) is 2.06. The minimum Gasteiger partial charge on any atom is -0.391 e. The molecule has 4 atom stereocenters. The van der Waals surface area contributed by atoms with Gasteiger partial charge in [-0.1, -0.05) is 20.3 Å². The van der Waals surface area contributed by atoms with E-state index in [0.717, 1.165) is 11.8 Å². The Morgan fingerprint density at radius 1 is 1.12 bits per heavy atom. The molecule has 0 aromatic rings. The normalized spacial score (nSPS) is 34.1. The molecule has 1 rings (SSSR count).